The minimum absolute atomic E-state index is 0.742. The SMILES string of the molecule is C=CCN(CC=C)c1cc(C=C)c(N(CC=C)CC=C)cc1C=C. The third-order valence-corrected chi connectivity index (χ3v) is 3.70. The Balaban J connectivity index is 3.49. The normalized spacial score (nSPS) is 9.67. The molecule has 2 nitrogen and oxygen atoms in total. The van der Waals surface area contributed by atoms with Crippen LogP contribution in [0.15, 0.2) is 75.9 Å². The maximum atomic E-state index is 3.98. The van der Waals surface area contributed by atoms with Gasteiger partial charge >= 0.3 is 0 Å². The van der Waals surface area contributed by atoms with Gasteiger partial charge in [-0.25, -0.2) is 0 Å². The van der Waals surface area contributed by atoms with Crippen molar-refractivity contribution in [2.45, 2.75) is 0 Å². The number of anilines is 2. The Bertz CT molecular complexity index is 549. The highest BCUT2D eigenvalue weighted by Gasteiger charge is 2.14. The molecule has 0 saturated heterocycles. The van der Waals surface area contributed by atoms with Gasteiger partial charge in [0.25, 0.3) is 0 Å². The van der Waals surface area contributed by atoms with E-state index in [4.69, 9.17) is 0 Å². The molecular weight excluding hydrogens is 292 g/mol. The molecule has 1 rings (SSSR count). The zero-order valence-corrected chi connectivity index (χ0v) is 14.6. The van der Waals surface area contributed by atoms with E-state index in [0.717, 1.165) is 48.7 Å². The smallest absolute Gasteiger partial charge is 0.0452 e. The van der Waals surface area contributed by atoms with Crippen molar-refractivity contribution in [3.63, 3.8) is 0 Å². The van der Waals surface area contributed by atoms with E-state index in [9.17, 15) is 0 Å². The van der Waals surface area contributed by atoms with Gasteiger partial charge in [0, 0.05) is 37.6 Å². The van der Waals surface area contributed by atoms with Gasteiger partial charge in [0.1, 0.15) is 0 Å². The van der Waals surface area contributed by atoms with Gasteiger partial charge in [-0.2, -0.15) is 0 Å². The largest absolute Gasteiger partial charge is 0.364 e. The Morgan fingerprint density at radius 1 is 0.583 bits per heavy atom. The summed E-state index contributed by atoms with van der Waals surface area (Å²) in [4.78, 5) is 4.41. The topological polar surface area (TPSA) is 6.48 Å². The van der Waals surface area contributed by atoms with Crippen molar-refractivity contribution in [1.29, 1.82) is 0 Å². The van der Waals surface area contributed by atoms with Crippen LogP contribution in [-0.4, -0.2) is 26.2 Å². The van der Waals surface area contributed by atoms with Crippen LogP contribution in [0.3, 0.4) is 0 Å². The zero-order valence-electron chi connectivity index (χ0n) is 14.6. The Hall–Kier alpha value is -2.74. The summed E-state index contributed by atoms with van der Waals surface area (Å²) in [6, 6.07) is 4.29. The number of hydrogen-bond donors (Lipinski definition) is 0. The van der Waals surface area contributed by atoms with Gasteiger partial charge in [-0.1, -0.05) is 49.6 Å². The van der Waals surface area contributed by atoms with E-state index in [1.807, 2.05) is 36.5 Å². The molecule has 0 aliphatic rings. The molecule has 0 N–H and O–H groups in total. The van der Waals surface area contributed by atoms with Crippen molar-refractivity contribution in [3.05, 3.63) is 87.0 Å². The first-order chi connectivity index (χ1) is 11.7. The lowest BCUT2D eigenvalue weighted by molar-refractivity contribution is 0.940. The summed E-state index contributed by atoms with van der Waals surface area (Å²) in [5, 5.41) is 0. The van der Waals surface area contributed by atoms with E-state index in [2.05, 4.69) is 61.4 Å². The van der Waals surface area contributed by atoms with Gasteiger partial charge in [0.05, 0.1) is 0 Å². The monoisotopic (exact) mass is 320 g/mol. The molecule has 24 heavy (non-hydrogen) atoms. The van der Waals surface area contributed by atoms with E-state index in [1.54, 1.807) is 0 Å². The molecule has 0 aliphatic heterocycles. The van der Waals surface area contributed by atoms with Crippen LogP contribution in [-0.2, 0) is 0 Å². The Morgan fingerprint density at radius 2 is 0.875 bits per heavy atom. The minimum atomic E-state index is 0.742. The molecule has 2 heteroatoms. The van der Waals surface area contributed by atoms with Gasteiger partial charge < -0.3 is 9.80 Å². The van der Waals surface area contributed by atoms with Gasteiger partial charge in [-0.15, -0.1) is 26.3 Å². The average Bonchev–Trinajstić information content (AvgIpc) is 2.60. The highest BCUT2D eigenvalue weighted by atomic mass is 15.1. The summed E-state index contributed by atoms with van der Waals surface area (Å²) in [6.45, 7) is 26.3. The first-order valence-corrected chi connectivity index (χ1v) is 8.03. The molecule has 1 aromatic rings. The van der Waals surface area contributed by atoms with Gasteiger partial charge in [0.2, 0.25) is 0 Å². The van der Waals surface area contributed by atoms with Crippen LogP contribution in [0.2, 0.25) is 0 Å². The van der Waals surface area contributed by atoms with Gasteiger partial charge in [-0.3, -0.25) is 0 Å². The second kappa shape index (κ2) is 10.1. The molecule has 0 saturated carbocycles. The van der Waals surface area contributed by atoms with Crippen molar-refractivity contribution in [2.75, 3.05) is 36.0 Å². The zero-order chi connectivity index (χ0) is 17.9. The van der Waals surface area contributed by atoms with E-state index < -0.39 is 0 Å². The van der Waals surface area contributed by atoms with E-state index >= 15 is 0 Å². The van der Waals surface area contributed by atoms with Crippen LogP contribution in [0.4, 0.5) is 11.4 Å². The molecule has 0 spiro atoms. The fourth-order valence-electron chi connectivity index (χ4n) is 2.65. The summed E-state index contributed by atoms with van der Waals surface area (Å²) in [6.07, 6.45) is 11.3. The van der Waals surface area contributed by atoms with Crippen LogP contribution >= 0.6 is 0 Å². The molecule has 0 unspecified atom stereocenters. The van der Waals surface area contributed by atoms with Crippen molar-refractivity contribution >= 4 is 23.5 Å². The van der Waals surface area contributed by atoms with Crippen molar-refractivity contribution in [3.8, 4) is 0 Å². The molecular formula is C22H28N2. The lowest BCUT2D eigenvalue weighted by Crippen LogP contribution is -2.26. The summed E-state index contributed by atoms with van der Waals surface area (Å²) < 4.78 is 0. The molecule has 0 amide bonds. The standard InChI is InChI=1S/C22H28N2/c1-7-13-23(14-8-2)21-17-20(12-6)22(18-19(21)11-5)24(15-9-3)16-10-4/h7-12,17-18H,1-6,13-16H2. The maximum absolute atomic E-state index is 3.98. The molecule has 1 aromatic carbocycles. The molecule has 0 radical (unpaired) electrons. The molecule has 0 bridgehead atoms. The Morgan fingerprint density at radius 3 is 1.08 bits per heavy atom. The number of hydrogen-bond acceptors (Lipinski definition) is 2. The summed E-state index contributed by atoms with van der Waals surface area (Å²) in [5.74, 6) is 0. The molecule has 0 aliphatic carbocycles. The summed E-state index contributed by atoms with van der Waals surface area (Å²) >= 11 is 0. The van der Waals surface area contributed by atoms with Crippen molar-refractivity contribution in [1.82, 2.24) is 0 Å². The van der Waals surface area contributed by atoms with Crippen LogP contribution in [0, 0.1) is 0 Å². The maximum Gasteiger partial charge on any atom is 0.0452 e. The predicted octanol–water partition coefficient (Wildman–Crippen LogP) is 5.33. The van der Waals surface area contributed by atoms with Crippen molar-refractivity contribution in [2.24, 2.45) is 0 Å². The lowest BCUT2D eigenvalue weighted by atomic mass is 10.0. The van der Waals surface area contributed by atoms with Gasteiger partial charge in [0.15, 0.2) is 0 Å². The van der Waals surface area contributed by atoms with Gasteiger partial charge in [-0.05, 0) is 23.3 Å². The van der Waals surface area contributed by atoms with Crippen LogP contribution in [0.25, 0.3) is 12.2 Å². The summed E-state index contributed by atoms with van der Waals surface area (Å²) in [7, 11) is 0. The van der Waals surface area contributed by atoms with Crippen molar-refractivity contribution < 1.29 is 0 Å². The predicted molar refractivity (Wildman–Crippen MR) is 112 cm³/mol. The van der Waals surface area contributed by atoms with E-state index in [1.165, 1.54) is 0 Å². The van der Waals surface area contributed by atoms with Crippen LogP contribution < -0.4 is 9.80 Å². The third kappa shape index (κ3) is 4.63. The van der Waals surface area contributed by atoms with E-state index in [0.29, 0.717) is 0 Å². The highest BCUT2D eigenvalue weighted by molar-refractivity contribution is 5.79. The molecule has 0 atom stereocenters. The van der Waals surface area contributed by atoms with E-state index in [-0.39, 0.29) is 0 Å². The highest BCUT2D eigenvalue weighted by Crippen LogP contribution is 2.32. The number of benzene rings is 1. The molecule has 0 heterocycles. The Labute approximate surface area is 147 Å². The second-order valence-corrected chi connectivity index (χ2v) is 5.34. The first-order valence-electron chi connectivity index (χ1n) is 8.03. The quantitative estimate of drug-likeness (QED) is 0.480. The molecule has 0 fully saturated rings. The molecule has 126 valence electrons. The average molecular weight is 320 g/mol. The molecule has 0 aromatic heterocycles. The Kier molecular flexibility index (Phi) is 8.14. The fraction of sp³-hybridized carbons (Fsp3) is 0.182. The van der Waals surface area contributed by atoms with Crippen LogP contribution in [0.1, 0.15) is 11.1 Å². The fourth-order valence-corrected chi connectivity index (χ4v) is 2.65. The first kappa shape index (κ1) is 19.3. The number of nitrogens with zero attached hydrogens (tertiary/aromatic N) is 2. The van der Waals surface area contributed by atoms with Crippen LogP contribution in [0.5, 0.6) is 0 Å². The lowest BCUT2D eigenvalue weighted by Gasteiger charge is -2.29. The third-order valence-electron chi connectivity index (χ3n) is 3.70. The second-order valence-electron chi connectivity index (χ2n) is 5.34. The number of rotatable bonds is 12. The summed E-state index contributed by atoms with van der Waals surface area (Å²) in [5.41, 5.74) is 4.33. The minimum Gasteiger partial charge on any atom is -0.364 e.